The Morgan fingerprint density at radius 1 is 1.46 bits per heavy atom. The summed E-state index contributed by atoms with van der Waals surface area (Å²) in [4.78, 5) is 4.37. The van der Waals surface area contributed by atoms with Crippen LogP contribution in [0.4, 0.5) is 0 Å². The van der Waals surface area contributed by atoms with Crippen LogP contribution in [0.3, 0.4) is 0 Å². The minimum absolute atomic E-state index is 0.605. The molecule has 5 heteroatoms. The Kier molecular flexibility index (Phi) is 2.19. The zero-order chi connectivity index (χ0) is 9.59. The van der Waals surface area contributed by atoms with E-state index in [9.17, 15) is 0 Å². The third-order valence-electron chi connectivity index (χ3n) is 1.78. The molecule has 2 aromatic rings. The molecule has 0 aliphatic heterocycles. The molecule has 0 amide bonds. The second-order valence-electron chi connectivity index (χ2n) is 2.86. The van der Waals surface area contributed by atoms with Crippen molar-refractivity contribution in [2.75, 3.05) is 0 Å². The fourth-order valence-electron chi connectivity index (χ4n) is 1.17. The van der Waals surface area contributed by atoms with Gasteiger partial charge in [-0.15, -0.1) is 0 Å². The van der Waals surface area contributed by atoms with Crippen molar-refractivity contribution >= 4 is 39.8 Å². The normalized spacial score (nSPS) is 11.1. The standard InChI is InChI=1S/C8H7ClIN3/c1-4-3-6(9)13-8(11-4)7(10)5(2)12-13/h3H,1-2H3. The molecule has 2 rings (SSSR count). The molecule has 68 valence electrons. The Morgan fingerprint density at radius 2 is 2.15 bits per heavy atom. The van der Waals surface area contributed by atoms with Gasteiger partial charge in [0.05, 0.1) is 9.26 Å². The lowest BCUT2D eigenvalue weighted by molar-refractivity contribution is 0.910. The highest BCUT2D eigenvalue weighted by Crippen LogP contribution is 2.20. The maximum atomic E-state index is 6.00. The molecule has 0 atom stereocenters. The Balaban J connectivity index is 2.94. The minimum Gasteiger partial charge on any atom is -0.233 e. The number of nitrogens with zero attached hydrogens (tertiary/aromatic N) is 3. The van der Waals surface area contributed by atoms with Crippen molar-refractivity contribution in [2.24, 2.45) is 0 Å². The van der Waals surface area contributed by atoms with Crippen LogP contribution in [0.5, 0.6) is 0 Å². The smallest absolute Gasteiger partial charge is 0.170 e. The summed E-state index contributed by atoms with van der Waals surface area (Å²) in [5, 5.41) is 4.87. The molecule has 0 aliphatic rings. The summed E-state index contributed by atoms with van der Waals surface area (Å²) < 4.78 is 2.72. The summed E-state index contributed by atoms with van der Waals surface area (Å²) in [6.07, 6.45) is 0. The van der Waals surface area contributed by atoms with Gasteiger partial charge in [0.2, 0.25) is 0 Å². The highest BCUT2D eigenvalue weighted by Gasteiger charge is 2.10. The van der Waals surface area contributed by atoms with Gasteiger partial charge >= 0.3 is 0 Å². The van der Waals surface area contributed by atoms with Crippen molar-refractivity contribution < 1.29 is 0 Å². The van der Waals surface area contributed by atoms with E-state index in [4.69, 9.17) is 11.6 Å². The Labute approximate surface area is 94.3 Å². The number of halogens is 2. The quantitative estimate of drug-likeness (QED) is 0.553. The van der Waals surface area contributed by atoms with Crippen LogP contribution in [0.2, 0.25) is 5.15 Å². The maximum Gasteiger partial charge on any atom is 0.170 e. The van der Waals surface area contributed by atoms with E-state index in [1.54, 1.807) is 10.6 Å². The predicted octanol–water partition coefficient (Wildman–Crippen LogP) is 2.60. The van der Waals surface area contributed by atoms with Crippen molar-refractivity contribution in [2.45, 2.75) is 13.8 Å². The van der Waals surface area contributed by atoms with E-state index in [0.717, 1.165) is 20.6 Å². The highest BCUT2D eigenvalue weighted by molar-refractivity contribution is 14.1. The molecule has 0 bridgehead atoms. The fourth-order valence-corrected chi connectivity index (χ4v) is 1.91. The number of hydrogen-bond donors (Lipinski definition) is 0. The van der Waals surface area contributed by atoms with Crippen molar-refractivity contribution in [3.63, 3.8) is 0 Å². The molecule has 3 nitrogen and oxygen atoms in total. The van der Waals surface area contributed by atoms with Crippen LogP contribution in [0.1, 0.15) is 11.4 Å². The lowest BCUT2D eigenvalue weighted by Crippen LogP contribution is -1.94. The van der Waals surface area contributed by atoms with E-state index in [-0.39, 0.29) is 0 Å². The van der Waals surface area contributed by atoms with Crippen molar-refractivity contribution in [3.8, 4) is 0 Å². The second-order valence-corrected chi connectivity index (χ2v) is 4.32. The molecular weight excluding hydrogens is 300 g/mol. The summed E-state index contributed by atoms with van der Waals surface area (Å²) in [6.45, 7) is 3.87. The molecule has 0 radical (unpaired) electrons. The molecule has 2 heterocycles. The average molecular weight is 308 g/mol. The summed E-state index contributed by atoms with van der Waals surface area (Å²) >= 11 is 8.23. The van der Waals surface area contributed by atoms with Gasteiger partial charge in [-0.25, -0.2) is 9.50 Å². The second kappa shape index (κ2) is 3.09. The first-order chi connectivity index (χ1) is 6.09. The van der Waals surface area contributed by atoms with Gasteiger partial charge in [0, 0.05) is 5.69 Å². The zero-order valence-electron chi connectivity index (χ0n) is 7.17. The summed E-state index contributed by atoms with van der Waals surface area (Å²) in [6, 6.07) is 1.80. The fraction of sp³-hybridized carbons (Fsp3) is 0.250. The SMILES string of the molecule is Cc1cc(Cl)n2nc(C)c(I)c2n1. The van der Waals surface area contributed by atoms with Crippen molar-refractivity contribution in [3.05, 3.63) is 26.2 Å². The number of aromatic nitrogens is 3. The van der Waals surface area contributed by atoms with Crippen LogP contribution in [0, 0.1) is 17.4 Å². The molecule has 2 aromatic heterocycles. The molecule has 0 aliphatic carbocycles. The topological polar surface area (TPSA) is 30.2 Å². The van der Waals surface area contributed by atoms with Gasteiger partial charge in [0.15, 0.2) is 5.65 Å². The first kappa shape index (κ1) is 9.21. The van der Waals surface area contributed by atoms with Gasteiger partial charge in [-0.05, 0) is 42.5 Å². The molecule has 0 aromatic carbocycles. The van der Waals surface area contributed by atoms with Gasteiger partial charge in [0.25, 0.3) is 0 Å². The van der Waals surface area contributed by atoms with Gasteiger partial charge in [0.1, 0.15) is 5.15 Å². The van der Waals surface area contributed by atoms with Crippen LogP contribution in [-0.2, 0) is 0 Å². The van der Waals surface area contributed by atoms with E-state index >= 15 is 0 Å². The molecule has 0 N–H and O–H groups in total. The zero-order valence-corrected chi connectivity index (χ0v) is 10.1. The van der Waals surface area contributed by atoms with E-state index < -0.39 is 0 Å². The molecule has 0 fully saturated rings. The van der Waals surface area contributed by atoms with Crippen LogP contribution >= 0.6 is 34.2 Å². The van der Waals surface area contributed by atoms with Gasteiger partial charge in [-0.1, -0.05) is 11.6 Å². The molecule has 0 unspecified atom stereocenters. The lowest BCUT2D eigenvalue weighted by Gasteiger charge is -1.97. The molecule has 0 spiro atoms. The van der Waals surface area contributed by atoms with Gasteiger partial charge < -0.3 is 0 Å². The number of fused-ring (bicyclic) bond motifs is 1. The third-order valence-corrected chi connectivity index (χ3v) is 3.31. The van der Waals surface area contributed by atoms with E-state index in [2.05, 4.69) is 32.7 Å². The Bertz CT molecular complexity index is 478. The van der Waals surface area contributed by atoms with E-state index in [1.807, 2.05) is 13.8 Å². The van der Waals surface area contributed by atoms with Crippen LogP contribution in [0.15, 0.2) is 6.07 Å². The first-order valence-electron chi connectivity index (χ1n) is 3.77. The van der Waals surface area contributed by atoms with Crippen LogP contribution in [0.25, 0.3) is 5.65 Å². The number of aryl methyl sites for hydroxylation is 2. The Morgan fingerprint density at radius 3 is 2.85 bits per heavy atom. The Hall–Kier alpha value is -0.360. The van der Waals surface area contributed by atoms with Crippen molar-refractivity contribution in [1.29, 1.82) is 0 Å². The summed E-state index contributed by atoms with van der Waals surface area (Å²) in [5.74, 6) is 0. The monoisotopic (exact) mass is 307 g/mol. The molecule has 0 saturated carbocycles. The van der Waals surface area contributed by atoms with Crippen LogP contribution in [-0.4, -0.2) is 14.6 Å². The molecule has 13 heavy (non-hydrogen) atoms. The average Bonchev–Trinajstić information content (AvgIpc) is 2.32. The molecular formula is C8H7ClIN3. The van der Waals surface area contributed by atoms with E-state index in [0.29, 0.717) is 5.15 Å². The lowest BCUT2D eigenvalue weighted by atomic mass is 10.4. The van der Waals surface area contributed by atoms with Crippen LogP contribution < -0.4 is 0 Å². The maximum absolute atomic E-state index is 6.00. The van der Waals surface area contributed by atoms with Gasteiger partial charge in [-0.2, -0.15) is 5.10 Å². The molecule has 0 saturated heterocycles. The predicted molar refractivity (Wildman–Crippen MR) is 60.2 cm³/mol. The summed E-state index contributed by atoms with van der Waals surface area (Å²) in [5.41, 5.74) is 2.71. The van der Waals surface area contributed by atoms with E-state index in [1.165, 1.54) is 0 Å². The highest BCUT2D eigenvalue weighted by atomic mass is 127. The number of rotatable bonds is 0. The third kappa shape index (κ3) is 1.42. The minimum atomic E-state index is 0.605. The number of hydrogen-bond acceptors (Lipinski definition) is 2. The van der Waals surface area contributed by atoms with Crippen molar-refractivity contribution in [1.82, 2.24) is 14.6 Å². The largest absolute Gasteiger partial charge is 0.233 e. The first-order valence-corrected chi connectivity index (χ1v) is 5.23. The summed E-state index contributed by atoms with van der Waals surface area (Å²) in [7, 11) is 0. The van der Waals surface area contributed by atoms with Gasteiger partial charge in [-0.3, -0.25) is 0 Å².